The maximum absolute atomic E-state index is 11.5. The van der Waals surface area contributed by atoms with Crippen molar-refractivity contribution < 1.29 is 19.4 Å². The fourth-order valence-electron chi connectivity index (χ4n) is 1.04. The Morgan fingerprint density at radius 1 is 1.19 bits per heavy atom. The first-order valence-corrected chi connectivity index (χ1v) is 4.79. The minimum absolute atomic E-state index is 0.0668. The SMILES string of the molecule is O=C(C=CC(=O)c1ccccc1)OCCO. The van der Waals surface area contributed by atoms with Gasteiger partial charge in [0.15, 0.2) is 5.78 Å². The molecule has 0 bridgehead atoms. The van der Waals surface area contributed by atoms with Crippen LogP contribution in [0.2, 0.25) is 0 Å². The normalized spacial score (nSPS) is 10.3. The quantitative estimate of drug-likeness (QED) is 0.456. The summed E-state index contributed by atoms with van der Waals surface area (Å²) in [4.78, 5) is 22.4. The first-order valence-electron chi connectivity index (χ1n) is 4.79. The van der Waals surface area contributed by atoms with E-state index in [1.165, 1.54) is 0 Å². The fourth-order valence-corrected chi connectivity index (χ4v) is 1.04. The van der Waals surface area contributed by atoms with Crippen molar-refractivity contribution >= 4 is 11.8 Å². The van der Waals surface area contributed by atoms with Crippen LogP contribution in [0.25, 0.3) is 0 Å². The zero-order chi connectivity index (χ0) is 11.8. The van der Waals surface area contributed by atoms with E-state index in [4.69, 9.17) is 5.11 Å². The molecule has 1 rings (SSSR count). The minimum atomic E-state index is -0.640. The van der Waals surface area contributed by atoms with E-state index < -0.39 is 5.97 Å². The molecule has 1 aromatic carbocycles. The number of benzene rings is 1. The number of carbonyl (C=O) groups excluding carboxylic acids is 2. The van der Waals surface area contributed by atoms with Gasteiger partial charge < -0.3 is 9.84 Å². The summed E-state index contributed by atoms with van der Waals surface area (Å²) in [6.07, 6.45) is 2.19. The first-order chi connectivity index (χ1) is 7.74. The molecule has 0 aliphatic carbocycles. The van der Waals surface area contributed by atoms with Gasteiger partial charge in [0, 0.05) is 11.6 Å². The van der Waals surface area contributed by atoms with E-state index >= 15 is 0 Å². The largest absolute Gasteiger partial charge is 0.460 e. The van der Waals surface area contributed by atoms with E-state index in [-0.39, 0.29) is 19.0 Å². The summed E-state index contributed by atoms with van der Waals surface area (Å²) >= 11 is 0. The van der Waals surface area contributed by atoms with Crippen molar-refractivity contribution in [1.82, 2.24) is 0 Å². The molecular formula is C12H12O4. The van der Waals surface area contributed by atoms with Crippen molar-refractivity contribution in [3.8, 4) is 0 Å². The molecule has 0 saturated heterocycles. The Morgan fingerprint density at radius 2 is 1.88 bits per heavy atom. The van der Waals surface area contributed by atoms with Gasteiger partial charge in [-0.3, -0.25) is 4.79 Å². The number of allylic oxidation sites excluding steroid dienone is 1. The molecule has 0 radical (unpaired) electrons. The Balaban J connectivity index is 2.51. The maximum atomic E-state index is 11.5. The van der Waals surface area contributed by atoms with E-state index in [2.05, 4.69) is 4.74 Å². The molecule has 4 heteroatoms. The second-order valence-electron chi connectivity index (χ2n) is 2.95. The van der Waals surface area contributed by atoms with Crippen LogP contribution in [-0.2, 0) is 9.53 Å². The van der Waals surface area contributed by atoms with Crippen LogP contribution in [0.15, 0.2) is 42.5 Å². The third-order valence-corrected chi connectivity index (χ3v) is 1.76. The standard InChI is InChI=1S/C12H12O4/c13-8-9-16-12(15)7-6-11(14)10-4-2-1-3-5-10/h1-7,13H,8-9H2. The lowest BCUT2D eigenvalue weighted by atomic mass is 10.1. The number of rotatable bonds is 5. The van der Waals surface area contributed by atoms with Gasteiger partial charge >= 0.3 is 5.97 Å². The van der Waals surface area contributed by atoms with Crippen molar-refractivity contribution in [2.45, 2.75) is 0 Å². The second-order valence-corrected chi connectivity index (χ2v) is 2.95. The van der Waals surface area contributed by atoms with Crippen LogP contribution in [-0.4, -0.2) is 30.1 Å². The van der Waals surface area contributed by atoms with Crippen LogP contribution in [0.1, 0.15) is 10.4 Å². The van der Waals surface area contributed by atoms with E-state index in [0.717, 1.165) is 12.2 Å². The second kappa shape index (κ2) is 6.53. The van der Waals surface area contributed by atoms with Gasteiger partial charge in [-0.25, -0.2) is 4.79 Å². The molecule has 0 aromatic heterocycles. The highest BCUT2D eigenvalue weighted by molar-refractivity contribution is 6.06. The van der Waals surface area contributed by atoms with Gasteiger partial charge in [-0.05, 0) is 6.08 Å². The summed E-state index contributed by atoms with van der Waals surface area (Å²) < 4.78 is 4.55. The molecule has 4 nitrogen and oxygen atoms in total. The van der Waals surface area contributed by atoms with Gasteiger partial charge in [0.05, 0.1) is 6.61 Å². The summed E-state index contributed by atoms with van der Waals surface area (Å²) in [6, 6.07) is 8.60. The third-order valence-electron chi connectivity index (χ3n) is 1.76. The van der Waals surface area contributed by atoms with E-state index in [9.17, 15) is 9.59 Å². The zero-order valence-corrected chi connectivity index (χ0v) is 8.63. The van der Waals surface area contributed by atoms with Crippen molar-refractivity contribution in [2.75, 3.05) is 13.2 Å². The predicted molar refractivity (Wildman–Crippen MR) is 58.0 cm³/mol. The van der Waals surface area contributed by atoms with Crippen LogP contribution in [0.3, 0.4) is 0 Å². The predicted octanol–water partition coefficient (Wildman–Crippen LogP) is 0.961. The van der Waals surface area contributed by atoms with Crippen LogP contribution in [0, 0.1) is 0 Å². The lowest BCUT2D eigenvalue weighted by Gasteiger charge is -1.97. The smallest absolute Gasteiger partial charge is 0.330 e. The van der Waals surface area contributed by atoms with Gasteiger partial charge in [-0.1, -0.05) is 30.3 Å². The summed E-state index contributed by atoms with van der Waals surface area (Å²) in [5.41, 5.74) is 0.508. The molecule has 0 atom stereocenters. The lowest BCUT2D eigenvalue weighted by Crippen LogP contribution is -2.06. The molecule has 0 saturated carbocycles. The number of aliphatic hydroxyl groups is 1. The minimum Gasteiger partial charge on any atom is -0.460 e. The van der Waals surface area contributed by atoms with Gasteiger partial charge in [0.25, 0.3) is 0 Å². The summed E-state index contributed by atoms with van der Waals surface area (Å²) in [6.45, 7) is -0.297. The number of carbonyl (C=O) groups is 2. The van der Waals surface area contributed by atoms with E-state index in [0.29, 0.717) is 5.56 Å². The molecular weight excluding hydrogens is 208 g/mol. The van der Waals surface area contributed by atoms with Crippen molar-refractivity contribution in [3.63, 3.8) is 0 Å². The molecule has 0 heterocycles. The first kappa shape index (κ1) is 12.1. The van der Waals surface area contributed by atoms with Gasteiger partial charge in [-0.2, -0.15) is 0 Å². The molecule has 0 unspecified atom stereocenters. The molecule has 16 heavy (non-hydrogen) atoms. The molecule has 84 valence electrons. The van der Waals surface area contributed by atoms with Crippen molar-refractivity contribution in [1.29, 1.82) is 0 Å². The topological polar surface area (TPSA) is 63.6 Å². The Labute approximate surface area is 93.2 Å². The van der Waals surface area contributed by atoms with Gasteiger partial charge in [0.1, 0.15) is 6.61 Å². The highest BCUT2D eigenvalue weighted by Gasteiger charge is 2.01. The average Bonchev–Trinajstić information content (AvgIpc) is 2.34. The number of esters is 1. The van der Waals surface area contributed by atoms with Crippen LogP contribution >= 0.6 is 0 Å². The highest BCUT2D eigenvalue weighted by atomic mass is 16.5. The molecule has 1 N–H and O–H groups in total. The van der Waals surface area contributed by atoms with Crippen LogP contribution in [0.4, 0.5) is 0 Å². The monoisotopic (exact) mass is 220 g/mol. The fraction of sp³-hybridized carbons (Fsp3) is 0.167. The molecule has 0 fully saturated rings. The molecule has 0 amide bonds. The summed E-state index contributed by atoms with van der Waals surface area (Å²) in [7, 11) is 0. The van der Waals surface area contributed by atoms with Gasteiger partial charge in [-0.15, -0.1) is 0 Å². The summed E-state index contributed by atoms with van der Waals surface area (Å²) in [5, 5.41) is 8.40. The van der Waals surface area contributed by atoms with Crippen molar-refractivity contribution in [2.24, 2.45) is 0 Å². The molecule has 1 aromatic rings. The number of ketones is 1. The molecule has 0 aliphatic heterocycles. The summed E-state index contributed by atoms with van der Waals surface area (Å²) in [5.74, 6) is -0.903. The third kappa shape index (κ3) is 4.06. The number of aliphatic hydroxyl groups excluding tert-OH is 1. The molecule has 0 spiro atoms. The Hall–Kier alpha value is -1.94. The van der Waals surface area contributed by atoms with Crippen molar-refractivity contribution in [3.05, 3.63) is 48.0 Å². The number of hydrogen-bond donors (Lipinski definition) is 1. The van der Waals surface area contributed by atoms with Crippen LogP contribution in [0.5, 0.6) is 0 Å². The Bertz CT molecular complexity index is 381. The Morgan fingerprint density at radius 3 is 2.50 bits per heavy atom. The zero-order valence-electron chi connectivity index (χ0n) is 8.63. The van der Waals surface area contributed by atoms with Gasteiger partial charge in [0.2, 0.25) is 0 Å². The maximum Gasteiger partial charge on any atom is 0.330 e. The molecule has 0 aliphatic rings. The average molecular weight is 220 g/mol. The Kier molecular flexibility index (Phi) is 4.95. The van der Waals surface area contributed by atoms with E-state index in [1.807, 2.05) is 0 Å². The van der Waals surface area contributed by atoms with Crippen LogP contribution < -0.4 is 0 Å². The highest BCUT2D eigenvalue weighted by Crippen LogP contribution is 2.00. The number of ether oxygens (including phenoxy) is 1. The number of hydrogen-bond acceptors (Lipinski definition) is 4. The van der Waals surface area contributed by atoms with E-state index in [1.54, 1.807) is 30.3 Å². The lowest BCUT2D eigenvalue weighted by molar-refractivity contribution is -0.138.